The number of amides is 1. The van der Waals surface area contributed by atoms with Crippen LogP contribution in [0.1, 0.15) is 58.3 Å². The fraction of sp³-hybridized carbons (Fsp3) is 0.947. The molecule has 2 unspecified atom stereocenters. The van der Waals surface area contributed by atoms with E-state index >= 15 is 0 Å². The maximum Gasteiger partial charge on any atom is 0.237 e. The summed E-state index contributed by atoms with van der Waals surface area (Å²) >= 11 is 0. The van der Waals surface area contributed by atoms with Crippen molar-refractivity contribution in [2.24, 2.45) is 34.8 Å². The zero-order valence-corrected chi connectivity index (χ0v) is 15.7. The maximum absolute atomic E-state index is 12.7. The molecule has 4 saturated carbocycles. The van der Waals surface area contributed by atoms with E-state index in [1.807, 2.05) is 0 Å². The number of hydrogen-bond donors (Lipinski definition) is 2. The lowest BCUT2D eigenvalue weighted by Crippen LogP contribution is -2.58. The first-order chi connectivity index (χ1) is 11.1. The standard InChI is InChI=1S/C19H32N2O2.ClH/c1-12(21-18(22)17(20)16-2-4-23-5-3-16)19-9-13-6-14(10-19)8-15(7-13)11-19;/h12-17H,2-11,20H2,1H3,(H,21,22);1H. The van der Waals surface area contributed by atoms with Crippen molar-refractivity contribution >= 4 is 18.3 Å². The molecule has 4 aliphatic carbocycles. The summed E-state index contributed by atoms with van der Waals surface area (Å²) < 4.78 is 5.39. The molecule has 0 radical (unpaired) electrons. The monoisotopic (exact) mass is 356 g/mol. The van der Waals surface area contributed by atoms with Gasteiger partial charge in [-0.2, -0.15) is 0 Å². The predicted molar refractivity (Wildman–Crippen MR) is 97.0 cm³/mol. The van der Waals surface area contributed by atoms with E-state index in [0.717, 1.165) is 43.8 Å². The molecular formula is C19H33ClN2O2. The topological polar surface area (TPSA) is 64.4 Å². The van der Waals surface area contributed by atoms with Crippen LogP contribution < -0.4 is 11.1 Å². The van der Waals surface area contributed by atoms with Gasteiger partial charge in [0, 0.05) is 19.3 Å². The normalized spacial score (nSPS) is 40.7. The molecule has 1 saturated heterocycles. The molecule has 0 aromatic heterocycles. The fourth-order valence-corrected chi connectivity index (χ4v) is 6.46. The van der Waals surface area contributed by atoms with Crippen molar-refractivity contribution in [2.75, 3.05) is 13.2 Å². The van der Waals surface area contributed by atoms with E-state index in [1.54, 1.807) is 0 Å². The van der Waals surface area contributed by atoms with Crippen molar-refractivity contribution < 1.29 is 9.53 Å². The smallest absolute Gasteiger partial charge is 0.237 e. The van der Waals surface area contributed by atoms with Crippen LogP contribution in [-0.4, -0.2) is 31.2 Å². The van der Waals surface area contributed by atoms with Crippen LogP contribution in [0.15, 0.2) is 0 Å². The van der Waals surface area contributed by atoms with Gasteiger partial charge in [0.1, 0.15) is 0 Å². The first kappa shape index (κ1) is 18.5. The molecule has 5 aliphatic rings. The van der Waals surface area contributed by atoms with Crippen LogP contribution in [0.25, 0.3) is 0 Å². The van der Waals surface area contributed by atoms with Crippen LogP contribution in [0.4, 0.5) is 0 Å². The average molecular weight is 357 g/mol. The van der Waals surface area contributed by atoms with Crippen molar-refractivity contribution in [3.63, 3.8) is 0 Å². The zero-order valence-electron chi connectivity index (χ0n) is 14.8. The van der Waals surface area contributed by atoms with Gasteiger partial charge in [0.15, 0.2) is 0 Å². The second-order valence-electron chi connectivity index (χ2n) is 8.99. The van der Waals surface area contributed by atoms with Gasteiger partial charge in [-0.15, -0.1) is 12.4 Å². The molecule has 2 atom stereocenters. The summed E-state index contributed by atoms with van der Waals surface area (Å²) in [5.41, 5.74) is 6.63. The Bertz CT molecular complexity index is 429. The van der Waals surface area contributed by atoms with Crippen molar-refractivity contribution in [2.45, 2.75) is 70.4 Å². The summed E-state index contributed by atoms with van der Waals surface area (Å²) in [4.78, 5) is 12.7. The minimum absolute atomic E-state index is 0. The van der Waals surface area contributed by atoms with Crippen molar-refractivity contribution in [3.8, 4) is 0 Å². The summed E-state index contributed by atoms with van der Waals surface area (Å²) in [5, 5.41) is 3.33. The SMILES string of the molecule is CC(NC(=O)C(N)C1CCOCC1)C12CC3CC(CC(C3)C1)C2.Cl. The number of hydrogen-bond acceptors (Lipinski definition) is 3. The van der Waals surface area contributed by atoms with Crippen molar-refractivity contribution in [1.82, 2.24) is 5.32 Å². The van der Waals surface area contributed by atoms with Crippen molar-refractivity contribution in [1.29, 1.82) is 0 Å². The Morgan fingerprint density at radius 3 is 2.08 bits per heavy atom. The van der Waals surface area contributed by atoms with E-state index in [0.29, 0.717) is 5.41 Å². The minimum atomic E-state index is -0.365. The molecule has 0 aromatic rings. The third kappa shape index (κ3) is 3.34. The summed E-state index contributed by atoms with van der Waals surface area (Å²) in [7, 11) is 0. The van der Waals surface area contributed by atoms with Crippen LogP contribution >= 0.6 is 12.4 Å². The summed E-state index contributed by atoms with van der Waals surface area (Å²) in [5.74, 6) is 3.12. The summed E-state index contributed by atoms with van der Waals surface area (Å²) in [6, 6.07) is -0.0930. The molecule has 5 heteroatoms. The molecule has 3 N–H and O–H groups in total. The van der Waals surface area contributed by atoms with Gasteiger partial charge in [-0.25, -0.2) is 0 Å². The maximum atomic E-state index is 12.7. The third-order valence-electron chi connectivity index (χ3n) is 7.44. The first-order valence-electron chi connectivity index (χ1n) is 9.69. The molecule has 24 heavy (non-hydrogen) atoms. The molecule has 0 aromatic carbocycles. The molecule has 138 valence electrons. The molecule has 5 fully saturated rings. The number of halogens is 1. The number of carbonyl (C=O) groups excluding carboxylic acids is 1. The second kappa shape index (κ2) is 7.13. The second-order valence-corrected chi connectivity index (χ2v) is 8.99. The molecule has 4 nitrogen and oxygen atoms in total. The van der Waals surface area contributed by atoms with Crippen LogP contribution in [0.2, 0.25) is 0 Å². The van der Waals surface area contributed by atoms with Gasteiger partial charge in [0.2, 0.25) is 5.91 Å². The first-order valence-corrected chi connectivity index (χ1v) is 9.69. The number of nitrogens with one attached hydrogen (secondary N) is 1. The van der Waals surface area contributed by atoms with E-state index in [1.165, 1.54) is 38.5 Å². The molecule has 1 heterocycles. The van der Waals surface area contributed by atoms with Gasteiger partial charge in [0.05, 0.1) is 6.04 Å². The minimum Gasteiger partial charge on any atom is -0.381 e. The Kier molecular flexibility index (Phi) is 5.48. The summed E-state index contributed by atoms with van der Waals surface area (Å²) in [6.07, 6.45) is 10.2. The van der Waals surface area contributed by atoms with Gasteiger partial charge >= 0.3 is 0 Å². The highest BCUT2D eigenvalue weighted by Gasteiger charge is 2.53. The van der Waals surface area contributed by atoms with E-state index in [2.05, 4.69) is 12.2 Å². The Hall–Kier alpha value is -0.320. The predicted octanol–water partition coefficient (Wildman–Crippen LogP) is 2.88. The summed E-state index contributed by atoms with van der Waals surface area (Å²) in [6.45, 7) is 3.73. The number of nitrogens with two attached hydrogens (primary N) is 1. The average Bonchev–Trinajstić information content (AvgIpc) is 2.53. The molecule has 1 amide bonds. The quantitative estimate of drug-likeness (QED) is 0.814. The van der Waals surface area contributed by atoms with Gasteiger partial charge in [0.25, 0.3) is 0 Å². The van der Waals surface area contributed by atoms with Crippen LogP contribution in [0, 0.1) is 29.1 Å². The molecular weight excluding hydrogens is 324 g/mol. The molecule has 4 bridgehead atoms. The van der Waals surface area contributed by atoms with Gasteiger partial charge < -0.3 is 15.8 Å². The van der Waals surface area contributed by atoms with Gasteiger partial charge in [-0.05, 0) is 87.4 Å². The fourth-order valence-electron chi connectivity index (χ4n) is 6.46. The highest BCUT2D eigenvalue weighted by Crippen LogP contribution is 2.61. The Labute approximate surface area is 152 Å². The lowest BCUT2D eigenvalue weighted by molar-refractivity contribution is -0.129. The van der Waals surface area contributed by atoms with Crippen LogP contribution in [0.3, 0.4) is 0 Å². The Morgan fingerprint density at radius 1 is 1.08 bits per heavy atom. The lowest BCUT2D eigenvalue weighted by atomic mass is 9.48. The van der Waals surface area contributed by atoms with Gasteiger partial charge in [-0.3, -0.25) is 4.79 Å². The molecule has 0 spiro atoms. The van der Waals surface area contributed by atoms with Crippen LogP contribution in [-0.2, 0) is 9.53 Å². The highest BCUT2D eigenvalue weighted by molar-refractivity contribution is 5.85. The third-order valence-corrected chi connectivity index (χ3v) is 7.44. The van der Waals surface area contributed by atoms with Gasteiger partial charge in [-0.1, -0.05) is 0 Å². The largest absolute Gasteiger partial charge is 0.381 e. The van der Waals surface area contributed by atoms with E-state index in [9.17, 15) is 4.79 Å². The number of carbonyl (C=O) groups is 1. The zero-order chi connectivity index (χ0) is 16.0. The molecule has 1 aliphatic heterocycles. The van der Waals surface area contributed by atoms with E-state index in [4.69, 9.17) is 10.5 Å². The Balaban J connectivity index is 0.00000169. The molecule has 5 rings (SSSR count). The Morgan fingerprint density at radius 2 is 1.58 bits per heavy atom. The van der Waals surface area contributed by atoms with Crippen LogP contribution in [0.5, 0.6) is 0 Å². The van der Waals surface area contributed by atoms with E-state index in [-0.39, 0.29) is 36.3 Å². The lowest BCUT2D eigenvalue weighted by Gasteiger charge is -2.59. The number of ether oxygens (including phenoxy) is 1. The van der Waals surface area contributed by atoms with Crippen molar-refractivity contribution in [3.05, 3.63) is 0 Å². The van der Waals surface area contributed by atoms with E-state index < -0.39 is 0 Å². The number of rotatable bonds is 4. The highest BCUT2D eigenvalue weighted by atomic mass is 35.5.